The van der Waals surface area contributed by atoms with Crippen LogP contribution in [0.4, 0.5) is 0 Å². The van der Waals surface area contributed by atoms with Crippen LogP contribution >= 0.6 is 11.6 Å². The van der Waals surface area contributed by atoms with E-state index >= 15 is 0 Å². The lowest BCUT2D eigenvalue weighted by molar-refractivity contribution is -0.140. The molecule has 0 spiro atoms. The largest absolute Gasteiger partial charge is 0.370 e. The molecule has 2 aromatic rings. The summed E-state index contributed by atoms with van der Waals surface area (Å²) in [6, 6.07) is 15.9. The Balaban J connectivity index is 1.63. The van der Waals surface area contributed by atoms with Gasteiger partial charge in [0, 0.05) is 6.54 Å². The van der Waals surface area contributed by atoms with Crippen LogP contribution in [0, 0.1) is 0 Å². The van der Waals surface area contributed by atoms with Gasteiger partial charge in [-0.1, -0.05) is 54.1 Å². The van der Waals surface area contributed by atoms with E-state index in [-0.39, 0.29) is 17.9 Å². The van der Waals surface area contributed by atoms with E-state index in [0.29, 0.717) is 30.3 Å². The number of nitrogens with zero attached hydrogens (tertiary/aromatic N) is 1. The summed E-state index contributed by atoms with van der Waals surface area (Å²) >= 11 is 6.05. The molecule has 2 amide bonds. The van der Waals surface area contributed by atoms with E-state index in [1.165, 1.54) is 0 Å². The second-order valence-electron chi connectivity index (χ2n) is 6.23. The number of nitrogens with one attached hydrogen (secondary N) is 1. The molecule has 1 N–H and O–H groups in total. The lowest BCUT2D eigenvalue weighted by Gasteiger charge is -2.34. The van der Waals surface area contributed by atoms with Crippen molar-refractivity contribution in [1.29, 1.82) is 0 Å². The molecule has 136 valence electrons. The van der Waals surface area contributed by atoms with Gasteiger partial charge in [0.15, 0.2) is 0 Å². The first-order chi connectivity index (χ1) is 12.6. The summed E-state index contributed by atoms with van der Waals surface area (Å²) in [6.45, 7) is 3.13. The van der Waals surface area contributed by atoms with E-state index in [4.69, 9.17) is 16.3 Å². The highest BCUT2D eigenvalue weighted by Crippen LogP contribution is 2.22. The monoisotopic (exact) mass is 372 g/mol. The van der Waals surface area contributed by atoms with E-state index in [0.717, 1.165) is 5.56 Å². The Hall–Kier alpha value is -2.37. The van der Waals surface area contributed by atoms with E-state index < -0.39 is 6.04 Å². The second kappa shape index (κ2) is 8.34. The smallest absolute Gasteiger partial charge is 0.253 e. The first-order valence-corrected chi connectivity index (χ1v) is 8.95. The molecule has 1 saturated heterocycles. The van der Waals surface area contributed by atoms with Crippen molar-refractivity contribution in [3.05, 3.63) is 70.7 Å². The molecule has 1 aliphatic heterocycles. The highest BCUT2D eigenvalue weighted by atomic mass is 35.5. The first kappa shape index (κ1) is 18.4. The number of hydrogen-bond donors (Lipinski definition) is 1. The van der Waals surface area contributed by atoms with Crippen molar-refractivity contribution in [2.45, 2.75) is 19.1 Å². The van der Waals surface area contributed by atoms with Crippen molar-refractivity contribution in [3.8, 4) is 0 Å². The van der Waals surface area contributed by atoms with Gasteiger partial charge in [-0.25, -0.2) is 0 Å². The Bertz CT molecular complexity index is 782. The van der Waals surface area contributed by atoms with Crippen LogP contribution in [0.2, 0.25) is 5.02 Å². The third-order valence-electron chi connectivity index (χ3n) is 4.39. The van der Waals surface area contributed by atoms with Gasteiger partial charge in [0.2, 0.25) is 5.91 Å². The van der Waals surface area contributed by atoms with Crippen molar-refractivity contribution in [3.63, 3.8) is 0 Å². The summed E-state index contributed by atoms with van der Waals surface area (Å²) in [7, 11) is 0. The zero-order valence-electron chi connectivity index (χ0n) is 14.5. The van der Waals surface area contributed by atoms with Gasteiger partial charge in [0.05, 0.1) is 23.7 Å². The van der Waals surface area contributed by atoms with Gasteiger partial charge in [-0.15, -0.1) is 0 Å². The Morgan fingerprint density at radius 1 is 1.15 bits per heavy atom. The molecule has 1 aliphatic rings. The number of hydrogen-bond acceptors (Lipinski definition) is 3. The highest BCUT2D eigenvalue weighted by Gasteiger charge is 2.29. The number of halogens is 1. The number of morpholine rings is 1. The molecule has 0 saturated carbocycles. The fourth-order valence-electron chi connectivity index (χ4n) is 2.97. The number of benzene rings is 2. The number of rotatable bonds is 4. The van der Waals surface area contributed by atoms with Crippen molar-refractivity contribution in [2.75, 3.05) is 19.7 Å². The van der Waals surface area contributed by atoms with Crippen molar-refractivity contribution >= 4 is 23.4 Å². The lowest BCUT2D eigenvalue weighted by atomic mass is 10.1. The van der Waals surface area contributed by atoms with E-state index in [9.17, 15) is 9.59 Å². The van der Waals surface area contributed by atoms with E-state index in [1.54, 1.807) is 36.1 Å². The molecular formula is C20H21ClN2O3. The second-order valence-corrected chi connectivity index (χ2v) is 6.64. The van der Waals surface area contributed by atoms with Gasteiger partial charge < -0.3 is 15.0 Å². The van der Waals surface area contributed by atoms with Gasteiger partial charge >= 0.3 is 0 Å². The fraction of sp³-hybridized carbons (Fsp3) is 0.300. The van der Waals surface area contributed by atoms with Crippen LogP contribution in [0.5, 0.6) is 0 Å². The maximum Gasteiger partial charge on any atom is 0.253 e. The molecule has 1 fully saturated rings. The molecule has 2 aromatic carbocycles. The first-order valence-electron chi connectivity index (χ1n) is 8.57. The van der Waals surface area contributed by atoms with Crippen LogP contribution in [0.25, 0.3) is 0 Å². The molecule has 6 heteroatoms. The molecule has 5 nitrogen and oxygen atoms in total. The molecular weight excluding hydrogens is 352 g/mol. The standard InChI is InChI=1S/C20H21ClN2O3/c1-14(22-19(24)16-9-5-6-10-17(16)21)20(25)23-11-12-26-18(13-23)15-7-3-2-4-8-15/h2-10,14,18H,11-13H2,1H3,(H,22,24)/t14-,18?/m0/s1. The average Bonchev–Trinajstić information content (AvgIpc) is 2.68. The minimum absolute atomic E-state index is 0.130. The Morgan fingerprint density at radius 3 is 2.58 bits per heavy atom. The van der Waals surface area contributed by atoms with Gasteiger partial charge in [0.1, 0.15) is 12.1 Å². The molecule has 3 rings (SSSR count). The Labute approximate surface area is 157 Å². The summed E-state index contributed by atoms with van der Waals surface area (Å²) in [5, 5.41) is 3.09. The minimum Gasteiger partial charge on any atom is -0.370 e. The summed E-state index contributed by atoms with van der Waals surface area (Å²) in [4.78, 5) is 26.8. The number of carbonyl (C=O) groups excluding carboxylic acids is 2. The van der Waals surface area contributed by atoms with Crippen LogP contribution in [0.15, 0.2) is 54.6 Å². The SMILES string of the molecule is C[C@H](NC(=O)c1ccccc1Cl)C(=O)N1CCOC(c2ccccc2)C1. The molecule has 1 heterocycles. The third kappa shape index (κ3) is 4.23. The molecule has 1 unspecified atom stereocenters. The molecule has 0 radical (unpaired) electrons. The zero-order valence-corrected chi connectivity index (χ0v) is 15.3. The quantitative estimate of drug-likeness (QED) is 0.897. The van der Waals surface area contributed by atoms with Crippen LogP contribution in [-0.2, 0) is 9.53 Å². The van der Waals surface area contributed by atoms with Crippen LogP contribution in [-0.4, -0.2) is 42.5 Å². The van der Waals surface area contributed by atoms with Crippen molar-refractivity contribution in [1.82, 2.24) is 10.2 Å². The van der Waals surface area contributed by atoms with Gasteiger partial charge in [0.25, 0.3) is 5.91 Å². The van der Waals surface area contributed by atoms with Gasteiger partial charge in [-0.2, -0.15) is 0 Å². The van der Waals surface area contributed by atoms with Gasteiger partial charge in [-0.3, -0.25) is 9.59 Å². The van der Waals surface area contributed by atoms with Crippen molar-refractivity contribution in [2.24, 2.45) is 0 Å². The summed E-state index contributed by atoms with van der Waals surface area (Å²) < 4.78 is 5.79. The summed E-state index contributed by atoms with van der Waals surface area (Å²) in [5.74, 6) is -0.487. The molecule has 26 heavy (non-hydrogen) atoms. The normalized spacial score (nSPS) is 18.2. The van der Waals surface area contributed by atoms with E-state index in [2.05, 4.69) is 5.32 Å². The van der Waals surface area contributed by atoms with Crippen molar-refractivity contribution < 1.29 is 14.3 Å². The Morgan fingerprint density at radius 2 is 1.85 bits per heavy atom. The molecule has 0 aliphatic carbocycles. The maximum atomic E-state index is 12.7. The molecule has 2 atom stereocenters. The number of ether oxygens (including phenoxy) is 1. The minimum atomic E-state index is -0.645. The highest BCUT2D eigenvalue weighted by molar-refractivity contribution is 6.33. The van der Waals surface area contributed by atoms with Crippen LogP contribution in [0.3, 0.4) is 0 Å². The predicted molar refractivity (Wildman–Crippen MR) is 100 cm³/mol. The zero-order chi connectivity index (χ0) is 18.5. The molecule has 0 bridgehead atoms. The summed E-state index contributed by atoms with van der Waals surface area (Å²) in [5.41, 5.74) is 1.40. The lowest BCUT2D eigenvalue weighted by Crippen LogP contribution is -2.51. The molecule has 0 aromatic heterocycles. The number of carbonyl (C=O) groups is 2. The fourth-order valence-corrected chi connectivity index (χ4v) is 3.20. The maximum absolute atomic E-state index is 12.7. The number of amides is 2. The van der Waals surface area contributed by atoms with E-state index in [1.807, 2.05) is 30.3 Å². The average molecular weight is 373 g/mol. The Kier molecular flexibility index (Phi) is 5.91. The van der Waals surface area contributed by atoms with Crippen LogP contribution in [0.1, 0.15) is 28.9 Å². The summed E-state index contributed by atoms with van der Waals surface area (Å²) in [6.07, 6.45) is -0.152. The van der Waals surface area contributed by atoms with Gasteiger partial charge in [-0.05, 0) is 24.6 Å². The topological polar surface area (TPSA) is 58.6 Å². The third-order valence-corrected chi connectivity index (χ3v) is 4.72. The van der Waals surface area contributed by atoms with Crippen LogP contribution < -0.4 is 5.32 Å². The predicted octanol–water partition coefficient (Wildman–Crippen LogP) is 3.06.